The molecule has 0 aliphatic heterocycles. The predicted molar refractivity (Wildman–Crippen MR) is 141 cm³/mol. The molecule has 1 unspecified atom stereocenters. The van der Waals surface area contributed by atoms with Gasteiger partial charge >= 0.3 is 0 Å². The van der Waals surface area contributed by atoms with E-state index in [1.165, 1.54) is 37.7 Å². The first kappa shape index (κ1) is 24.0. The van der Waals surface area contributed by atoms with Crippen molar-refractivity contribution in [2.45, 2.75) is 58.0 Å². The summed E-state index contributed by atoms with van der Waals surface area (Å²) in [6, 6.07) is 16.6. The average molecular weight is 457 g/mol. The lowest BCUT2D eigenvalue weighted by Gasteiger charge is -2.22. The fourth-order valence-electron chi connectivity index (χ4n) is 4.65. The van der Waals surface area contributed by atoms with Gasteiger partial charge in [0.05, 0.1) is 6.10 Å². The molecule has 4 rings (SSSR count). The molecular formula is C29H36N4O. The number of nitrogens with zero attached hydrogens (tertiary/aromatic N) is 2. The summed E-state index contributed by atoms with van der Waals surface area (Å²) in [5, 5.41) is 16.5. The van der Waals surface area contributed by atoms with Crippen LogP contribution in [-0.4, -0.2) is 27.7 Å². The molecule has 2 aromatic carbocycles. The molecule has 3 aromatic rings. The molecule has 1 aromatic heterocycles. The summed E-state index contributed by atoms with van der Waals surface area (Å²) in [5.74, 6) is 1.59. The lowest BCUT2D eigenvalue weighted by molar-refractivity contribution is 0.195. The zero-order chi connectivity index (χ0) is 23.8. The molecule has 3 N–H and O–H groups in total. The van der Waals surface area contributed by atoms with Crippen molar-refractivity contribution in [2.75, 3.05) is 17.2 Å². The van der Waals surface area contributed by atoms with Crippen molar-refractivity contribution < 1.29 is 5.11 Å². The number of nitrogens with one attached hydrogen (secondary N) is 2. The van der Waals surface area contributed by atoms with E-state index in [1.54, 1.807) is 12.4 Å². The van der Waals surface area contributed by atoms with Crippen LogP contribution in [0.2, 0.25) is 0 Å². The molecule has 1 atom stereocenters. The number of aliphatic hydroxyl groups is 1. The number of anilines is 2. The third kappa shape index (κ3) is 6.91. The van der Waals surface area contributed by atoms with E-state index in [1.807, 2.05) is 6.92 Å². The number of allylic oxidation sites excluding steroid dienone is 1. The smallest absolute Gasteiger partial charge is 0.152 e. The SMILES string of the molecule is C=C(Cc1ccc(CC(C)O)cc1)Nc1ccc(-c2nccnc2NCC2CCCCC2)cc1. The average Bonchev–Trinajstić information content (AvgIpc) is 2.85. The highest BCUT2D eigenvalue weighted by Crippen LogP contribution is 2.28. The van der Waals surface area contributed by atoms with E-state index in [4.69, 9.17) is 0 Å². The zero-order valence-corrected chi connectivity index (χ0v) is 20.1. The first-order valence-corrected chi connectivity index (χ1v) is 12.4. The lowest BCUT2D eigenvalue weighted by Crippen LogP contribution is -2.18. The van der Waals surface area contributed by atoms with E-state index in [9.17, 15) is 5.11 Å². The number of aromatic nitrogens is 2. The van der Waals surface area contributed by atoms with E-state index in [0.717, 1.165) is 52.9 Å². The maximum absolute atomic E-state index is 9.54. The summed E-state index contributed by atoms with van der Waals surface area (Å²) in [4.78, 5) is 9.17. The fourth-order valence-corrected chi connectivity index (χ4v) is 4.65. The largest absolute Gasteiger partial charge is 0.393 e. The maximum Gasteiger partial charge on any atom is 0.152 e. The molecule has 34 heavy (non-hydrogen) atoms. The van der Waals surface area contributed by atoms with Gasteiger partial charge in [0.25, 0.3) is 0 Å². The van der Waals surface area contributed by atoms with Crippen LogP contribution in [0.5, 0.6) is 0 Å². The molecule has 1 aliphatic carbocycles. The first-order chi connectivity index (χ1) is 16.6. The van der Waals surface area contributed by atoms with Crippen LogP contribution in [0.25, 0.3) is 11.3 Å². The zero-order valence-electron chi connectivity index (χ0n) is 20.1. The molecule has 178 valence electrons. The van der Waals surface area contributed by atoms with Crippen molar-refractivity contribution in [3.8, 4) is 11.3 Å². The highest BCUT2D eigenvalue weighted by atomic mass is 16.3. The van der Waals surface area contributed by atoms with E-state index < -0.39 is 0 Å². The molecule has 0 radical (unpaired) electrons. The van der Waals surface area contributed by atoms with Gasteiger partial charge in [0.15, 0.2) is 5.82 Å². The van der Waals surface area contributed by atoms with Crippen LogP contribution in [0.1, 0.15) is 50.2 Å². The molecule has 1 aliphatic rings. The minimum Gasteiger partial charge on any atom is -0.393 e. The summed E-state index contributed by atoms with van der Waals surface area (Å²) in [6.07, 6.45) is 11.3. The Labute approximate surface area is 203 Å². The van der Waals surface area contributed by atoms with Gasteiger partial charge in [-0.25, -0.2) is 4.98 Å². The monoisotopic (exact) mass is 456 g/mol. The molecule has 1 fully saturated rings. The van der Waals surface area contributed by atoms with Gasteiger partial charge < -0.3 is 15.7 Å². The quantitative estimate of drug-likeness (QED) is 0.337. The standard InChI is InChI=1S/C29H36N4O/c1-21(18-23-8-10-24(11-9-23)19-22(2)34)33-27-14-12-26(13-15-27)28-29(31-17-16-30-28)32-20-25-6-4-3-5-7-25/h8-17,22,25,33-34H,1,3-7,18-20H2,2H3,(H,31,32). The normalized spacial score (nSPS) is 15.0. The van der Waals surface area contributed by atoms with Crippen LogP contribution in [0, 0.1) is 5.92 Å². The Morgan fingerprint density at radius 3 is 2.35 bits per heavy atom. The second-order valence-electron chi connectivity index (χ2n) is 9.49. The summed E-state index contributed by atoms with van der Waals surface area (Å²) in [7, 11) is 0. The minimum atomic E-state index is -0.323. The van der Waals surface area contributed by atoms with Crippen LogP contribution in [0.15, 0.2) is 73.2 Å². The Kier molecular flexibility index (Phi) is 8.31. The van der Waals surface area contributed by atoms with Gasteiger partial charge in [0, 0.05) is 42.3 Å². The third-order valence-corrected chi connectivity index (χ3v) is 6.43. The van der Waals surface area contributed by atoms with Crippen LogP contribution < -0.4 is 10.6 Å². The van der Waals surface area contributed by atoms with Gasteiger partial charge in [-0.05, 0) is 55.4 Å². The number of hydrogen-bond donors (Lipinski definition) is 3. The molecule has 0 spiro atoms. The molecule has 0 bridgehead atoms. The molecule has 1 heterocycles. The number of benzene rings is 2. The van der Waals surface area contributed by atoms with E-state index >= 15 is 0 Å². The Hall–Kier alpha value is -3.18. The van der Waals surface area contributed by atoms with Crippen LogP contribution in [0.4, 0.5) is 11.5 Å². The van der Waals surface area contributed by atoms with Gasteiger partial charge in [0.1, 0.15) is 5.69 Å². The summed E-state index contributed by atoms with van der Waals surface area (Å²) < 4.78 is 0. The van der Waals surface area contributed by atoms with Crippen LogP contribution in [0.3, 0.4) is 0 Å². The molecule has 5 nitrogen and oxygen atoms in total. The molecule has 5 heteroatoms. The Balaban J connectivity index is 1.34. The van der Waals surface area contributed by atoms with Crippen molar-refractivity contribution in [2.24, 2.45) is 5.92 Å². The van der Waals surface area contributed by atoms with Crippen molar-refractivity contribution in [1.82, 2.24) is 9.97 Å². The summed E-state index contributed by atoms with van der Waals surface area (Å²) >= 11 is 0. The lowest BCUT2D eigenvalue weighted by atomic mass is 9.89. The van der Waals surface area contributed by atoms with E-state index in [2.05, 4.69) is 75.7 Å². The summed E-state index contributed by atoms with van der Waals surface area (Å²) in [5.41, 5.74) is 6.21. The van der Waals surface area contributed by atoms with Crippen molar-refractivity contribution in [3.05, 3.63) is 84.3 Å². The van der Waals surface area contributed by atoms with E-state index in [-0.39, 0.29) is 6.10 Å². The van der Waals surface area contributed by atoms with Crippen molar-refractivity contribution in [3.63, 3.8) is 0 Å². The van der Waals surface area contributed by atoms with Gasteiger partial charge in [-0.2, -0.15) is 0 Å². The maximum atomic E-state index is 9.54. The van der Waals surface area contributed by atoms with Crippen LogP contribution in [-0.2, 0) is 12.8 Å². The second kappa shape index (κ2) is 11.8. The van der Waals surface area contributed by atoms with Crippen molar-refractivity contribution >= 4 is 11.5 Å². The van der Waals surface area contributed by atoms with Crippen molar-refractivity contribution in [1.29, 1.82) is 0 Å². The Morgan fingerprint density at radius 2 is 1.65 bits per heavy atom. The molecule has 0 saturated heterocycles. The van der Waals surface area contributed by atoms with Gasteiger partial charge in [0.2, 0.25) is 0 Å². The highest BCUT2D eigenvalue weighted by molar-refractivity contribution is 5.72. The second-order valence-corrected chi connectivity index (χ2v) is 9.49. The number of rotatable bonds is 10. The molecule has 0 amide bonds. The van der Waals surface area contributed by atoms with Crippen LogP contribution >= 0.6 is 0 Å². The Bertz CT molecular complexity index is 1050. The fraction of sp³-hybridized carbons (Fsp3) is 0.379. The highest BCUT2D eigenvalue weighted by Gasteiger charge is 2.15. The van der Waals surface area contributed by atoms with Gasteiger partial charge in [-0.1, -0.05) is 62.2 Å². The summed E-state index contributed by atoms with van der Waals surface area (Å²) in [6.45, 7) is 6.97. The van der Waals surface area contributed by atoms with Gasteiger partial charge in [-0.3, -0.25) is 4.98 Å². The molecule has 1 saturated carbocycles. The topological polar surface area (TPSA) is 70.1 Å². The van der Waals surface area contributed by atoms with Gasteiger partial charge in [-0.15, -0.1) is 0 Å². The van der Waals surface area contributed by atoms with E-state index in [0.29, 0.717) is 6.42 Å². The minimum absolute atomic E-state index is 0.323. The number of hydrogen-bond acceptors (Lipinski definition) is 5. The predicted octanol–water partition coefficient (Wildman–Crippen LogP) is 6.23. The Morgan fingerprint density at radius 1 is 0.971 bits per heavy atom. The number of aliphatic hydroxyl groups excluding tert-OH is 1. The first-order valence-electron chi connectivity index (χ1n) is 12.4. The third-order valence-electron chi connectivity index (χ3n) is 6.43. The molecular weight excluding hydrogens is 420 g/mol.